The quantitative estimate of drug-likeness (QED) is 0.919. The minimum Gasteiger partial charge on any atom is -0.316 e. The Morgan fingerprint density at radius 2 is 2.22 bits per heavy atom. The summed E-state index contributed by atoms with van der Waals surface area (Å²) in [6, 6.07) is 0. The summed E-state index contributed by atoms with van der Waals surface area (Å²) in [5, 5.41) is 8.77. The van der Waals surface area contributed by atoms with Crippen molar-refractivity contribution in [2.45, 2.75) is 26.7 Å². The highest BCUT2D eigenvalue weighted by Crippen LogP contribution is 2.18. The molecule has 0 bridgehead atoms. The van der Waals surface area contributed by atoms with Crippen LogP contribution in [0.3, 0.4) is 0 Å². The second-order valence-electron chi connectivity index (χ2n) is 4.17. The summed E-state index contributed by atoms with van der Waals surface area (Å²) < 4.78 is 1.82. The number of carbonyl (C=O) groups is 1. The topological polar surface area (TPSA) is 59.8 Å². The zero-order valence-electron chi connectivity index (χ0n) is 10.7. The molecular formula is C12H16N4OS. The van der Waals surface area contributed by atoms with Crippen LogP contribution in [0, 0.1) is 13.8 Å². The van der Waals surface area contributed by atoms with Gasteiger partial charge in [-0.3, -0.25) is 9.48 Å². The van der Waals surface area contributed by atoms with Crippen molar-refractivity contribution >= 4 is 22.2 Å². The number of hydrogen-bond acceptors (Lipinski definition) is 4. The highest BCUT2D eigenvalue weighted by molar-refractivity contribution is 7.15. The van der Waals surface area contributed by atoms with Crippen LogP contribution in [-0.4, -0.2) is 20.7 Å². The summed E-state index contributed by atoms with van der Waals surface area (Å²) >= 11 is 1.49. The predicted molar refractivity (Wildman–Crippen MR) is 71.7 cm³/mol. The van der Waals surface area contributed by atoms with Gasteiger partial charge in [-0.15, -0.1) is 11.3 Å². The molecule has 0 aromatic carbocycles. The maximum absolute atomic E-state index is 11.8. The van der Waals surface area contributed by atoms with Gasteiger partial charge in [-0.05, 0) is 25.8 Å². The van der Waals surface area contributed by atoms with Gasteiger partial charge >= 0.3 is 0 Å². The molecule has 96 valence electrons. The third kappa shape index (κ3) is 2.95. The smallest absolute Gasteiger partial charge is 0.225 e. The highest BCUT2D eigenvalue weighted by atomic mass is 32.1. The van der Waals surface area contributed by atoms with Gasteiger partial charge in [0, 0.05) is 19.2 Å². The third-order valence-electron chi connectivity index (χ3n) is 2.84. The Balaban J connectivity index is 1.87. The molecule has 2 rings (SSSR count). The van der Waals surface area contributed by atoms with Gasteiger partial charge in [-0.1, -0.05) is 0 Å². The molecule has 1 amide bonds. The molecule has 18 heavy (non-hydrogen) atoms. The van der Waals surface area contributed by atoms with Crippen molar-refractivity contribution in [3.05, 3.63) is 28.7 Å². The average Bonchev–Trinajstić information content (AvgIpc) is 2.86. The Labute approximate surface area is 110 Å². The van der Waals surface area contributed by atoms with Crippen molar-refractivity contribution in [3.8, 4) is 0 Å². The molecule has 6 heteroatoms. The zero-order valence-corrected chi connectivity index (χ0v) is 11.5. The van der Waals surface area contributed by atoms with Gasteiger partial charge in [-0.25, -0.2) is 4.98 Å². The van der Waals surface area contributed by atoms with Gasteiger partial charge in [0.25, 0.3) is 0 Å². The number of anilines is 1. The molecule has 0 aliphatic heterocycles. The highest BCUT2D eigenvalue weighted by Gasteiger charge is 2.08. The molecule has 0 saturated carbocycles. The van der Waals surface area contributed by atoms with Crippen molar-refractivity contribution in [2.75, 3.05) is 5.32 Å². The first-order chi connectivity index (χ1) is 8.56. The lowest BCUT2D eigenvalue weighted by Crippen LogP contribution is -2.11. The van der Waals surface area contributed by atoms with Crippen LogP contribution >= 0.6 is 11.3 Å². The maximum Gasteiger partial charge on any atom is 0.225 e. The van der Waals surface area contributed by atoms with Crippen molar-refractivity contribution in [2.24, 2.45) is 7.05 Å². The fraction of sp³-hybridized carbons (Fsp3) is 0.417. The molecule has 0 aliphatic carbocycles. The van der Waals surface area contributed by atoms with E-state index in [1.54, 1.807) is 6.20 Å². The summed E-state index contributed by atoms with van der Waals surface area (Å²) in [6.07, 6.45) is 4.68. The average molecular weight is 264 g/mol. The van der Waals surface area contributed by atoms with Crippen molar-refractivity contribution in [1.82, 2.24) is 14.8 Å². The molecule has 5 nitrogen and oxygen atoms in total. The maximum atomic E-state index is 11.8. The Morgan fingerprint density at radius 3 is 2.78 bits per heavy atom. The number of amides is 1. The molecule has 1 N–H and O–H groups in total. The third-order valence-corrected chi connectivity index (χ3v) is 3.67. The van der Waals surface area contributed by atoms with Crippen molar-refractivity contribution in [1.29, 1.82) is 0 Å². The van der Waals surface area contributed by atoms with E-state index >= 15 is 0 Å². The lowest BCUT2D eigenvalue weighted by atomic mass is 10.1. The Bertz CT molecular complexity index is 558. The Morgan fingerprint density at radius 1 is 1.44 bits per heavy atom. The standard InChI is InChI=1S/C12H16N4OS/c1-8-10(6-14-16(8)3)4-5-11(17)15-12-7-13-9(2)18-12/h6-7H,4-5H2,1-3H3,(H,15,17). The van der Waals surface area contributed by atoms with E-state index in [0.717, 1.165) is 21.3 Å². The fourth-order valence-corrected chi connectivity index (χ4v) is 2.35. The summed E-state index contributed by atoms with van der Waals surface area (Å²) in [4.78, 5) is 15.8. The van der Waals surface area contributed by atoms with Crippen LogP contribution in [0.5, 0.6) is 0 Å². The summed E-state index contributed by atoms with van der Waals surface area (Å²) in [5.74, 6) is 0.0157. The van der Waals surface area contributed by atoms with Gasteiger partial charge in [0.1, 0.15) is 5.00 Å². The van der Waals surface area contributed by atoms with Gasteiger partial charge < -0.3 is 5.32 Å². The molecule has 0 spiro atoms. The first kappa shape index (κ1) is 12.8. The number of thiazole rings is 1. The Hall–Kier alpha value is -1.69. The van der Waals surface area contributed by atoms with Crippen LogP contribution in [0.2, 0.25) is 0 Å². The van der Waals surface area contributed by atoms with Crippen molar-refractivity contribution < 1.29 is 4.79 Å². The Kier molecular flexibility index (Phi) is 3.76. The molecule has 0 aliphatic rings. The van der Waals surface area contributed by atoms with E-state index in [1.165, 1.54) is 11.3 Å². The normalized spacial score (nSPS) is 10.6. The second-order valence-corrected chi connectivity index (χ2v) is 5.41. The predicted octanol–water partition coefficient (Wildman–Crippen LogP) is 2.06. The van der Waals surface area contributed by atoms with Crippen LogP contribution in [0.4, 0.5) is 5.00 Å². The minimum absolute atomic E-state index is 0.0157. The molecule has 2 aromatic rings. The molecule has 2 aromatic heterocycles. The summed E-state index contributed by atoms with van der Waals surface area (Å²) in [5.41, 5.74) is 2.23. The number of hydrogen-bond donors (Lipinski definition) is 1. The van der Waals surface area contributed by atoms with Crippen molar-refractivity contribution in [3.63, 3.8) is 0 Å². The van der Waals surface area contributed by atoms with Gasteiger partial charge in [0.05, 0.1) is 17.4 Å². The number of nitrogens with one attached hydrogen (secondary N) is 1. The number of nitrogens with zero attached hydrogens (tertiary/aromatic N) is 3. The van der Waals surface area contributed by atoms with Crippen LogP contribution in [0.1, 0.15) is 22.7 Å². The number of aryl methyl sites for hydroxylation is 3. The first-order valence-corrected chi connectivity index (χ1v) is 6.57. The minimum atomic E-state index is 0.0157. The molecule has 0 radical (unpaired) electrons. The number of rotatable bonds is 4. The summed E-state index contributed by atoms with van der Waals surface area (Å²) in [7, 11) is 1.90. The molecule has 0 unspecified atom stereocenters. The number of carbonyl (C=O) groups excluding carboxylic acids is 1. The SMILES string of the molecule is Cc1ncc(NC(=O)CCc2cnn(C)c2C)s1. The zero-order chi connectivity index (χ0) is 13.1. The number of aromatic nitrogens is 3. The van der Waals surface area contributed by atoms with Crippen LogP contribution in [-0.2, 0) is 18.3 Å². The molecule has 0 saturated heterocycles. The van der Waals surface area contributed by atoms with E-state index < -0.39 is 0 Å². The fourth-order valence-electron chi connectivity index (χ4n) is 1.66. The summed E-state index contributed by atoms with van der Waals surface area (Å²) in [6.45, 7) is 3.92. The second kappa shape index (κ2) is 5.30. The van der Waals surface area contributed by atoms with E-state index in [2.05, 4.69) is 15.4 Å². The molecular weight excluding hydrogens is 248 g/mol. The lowest BCUT2D eigenvalue weighted by molar-refractivity contribution is -0.116. The van der Waals surface area contributed by atoms with Crippen LogP contribution in [0.25, 0.3) is 0 Å². The molecule has 0 fully saturated rings. The lowest BCUT2D eigenvalue weighted by Gasteiger charge is -2.02. The van der Waals surface area contributed by atoms with Gasteiger partial charge in [0.15, 0.2) is 0 Å². The first-order valence-electron chi connectivity index (χ1n) is 5.76. The largest absolute Gasteiger partial charge is 0.316 e. The van der Waals surface area contributed by atoms with E-state index in [9.17, 15) is 4.79 Å². The van der Waals surface area contributed by atoms with Gasteiger partial charge in [-0.2, -0.15) is 5.10 Å². The van der Waals surface area contributed by atoms with Gasteiger partial charge in [0.2, 0.25) is 5.91 Å². The van der Waals surface area contributed by atoms with Crippen LogP contribution < -0.4 is 5.32 Å². The van der Waals surface area contributed by atoms with E-state index in [0.29, 0.717) is 12.8 Å². The van der Waals surface area contributed by atoms with Crippen LogP contribution in [0.15, 0.2) is 12.4 Å². The van der Waals surface area contributed by atoms with E-state index in [-0.39, 0.29) is 5.91 Å². The van der Waals surface area contributed by atoms with E-state index in [4.69, 9.17) is 0 Å². The molecule has 2 heterocycles. The monoisotopic (exact) mass is 264 g/mol. The van der Waals surface area contributed by atoms with E-state index in [1.807, 2.05) is 31.8 Å². The molecule has 0 atom stereocenters.